The minimum absolute atomic E-state index is 0.217. The van der Waals surface area contributed by atoms with Gasteiger partial charge in [0.15, 0.2) is 0 Å². The molecule has 0 aliphatic heterocycles. The average Bonchev–Trinajstić information content (AvgIpc) is 2.42. The summed E-state index contributed by atoms with van der Waals surface area (Å²) in [6, 6.07) is 6.68. The van der Waals surface area contributed by atoms with E-state index in [-0.39, 0.29) is 11.5 Å². The average molecular weight is 300 g/mol. The lowest BCUT2D eigenvalue weighted by molar-refractivity contribution is 0.129. The van der Waals surface area contributed by atoms with Crippen LogP contribution in [0.2, 0.25) is 0 Å². The van der Waals surface area contributed by atoms with Crippen LogP contribution in [-0.2, 0) is 19.0 Å². The molecule has 0 saturated carbocycles. The Bertz CT molecular complexity index is 465. The molecule has 4 nitrogen and oxygen atoms in total. The summed E-state index contributed by atoms with van der Waals surface area (Å²) in [6.07, 6.45) is 3.60. The highest BCUT2D eigenvalue weighted by molar-refractivity contribution is 7.86. The van der Waals surface area contributed by atoms with Crippen molar-refractivity contribution in [3.8, 4) is 0 Å². The van der Waals surface area contributed by atoms with Crippen LogP contribution in [0, 0.1) is 6.92 Å². The second kappa shape index (κ2) is 9.10. The van der Waals surface area contributed by atoms with Crippen LogP contribution < -0.4 is 0 Å². The molecule has 20 heavy (non-hydrogen) atoms. The van der Waals surface area contributed by atoms with Crippen LogP contribution in [0.4, 0.5) is 0 Å². The van der Waals surface area contributed by atoms with E-state index in [0.29, 0.717) is 0 Å². The Balaban J connectivity index is 2.22. The number of aryl methyl sites for hydroxylation is 1. The zero-order valence-corrected chi connectivity index (χ0v) is 13.1. The van der Waals surface area contributed by atoms with Crippen LogP contribution in [0.1, 0.15) is 38.2 Å². The third-order valence-electron chi connectivity index (χ3n) is 2.83. The molecule has 0 unspecified atom stereocenters. The third kappa shape index (κ3) is 6.50. The van der Waals surface area contributed by atoms with Crippen molar-refractivity contribution in [2.45, 2.75) is 44.4 Å². The number of benzene rings is 1. The van der Waals surface area contributed by atoms with E-state index in [4.69, 9.17) is 8.92 Å². The first-order valence-corrected chi connectivity index (χ1v) is 8.51. The van der Waals surface area contributed by atoms with Crippen molar-refractivity contribution < 1.29 is 17.3 Å². The number of rotatable bonds is 10. The zero-order chi connectivity index (χ0) is 14.8. The van der Waals surface area contributed by atoms with Gasteiger partial charge in [-0.25, -0.2) is 0 Å². The maximum absolute atomic E-state index is 11.9. The van der Waals surface area contributed by atoms with Crippen LogP contribution in [-0.4, -0.2) is 28.2 Å². The molecule has 0 fully saturated rings. The first-order valence-electron chi connectivity index (χ1n) is 7.10. The van der Waals surface area contributed by atoms with E-state index in [9.17, 15) is 8.42 Å². The lowest BCUT2D eigenvalue weighted by atomic mass is 10.2. The van der Waals surface area contributed by atoms with Gasteiger partial charge < -0.3 is 4.74 Å². The van der Waals surface area contributed by atoms with Gasteiger partial charge in [0.05, 0.1) is 11.5 Å². The molecule has 0 bridgehead atoms. The molecule has 0 heterocycles. The molecule has 0 atom stereocenters. The van der Waals surface area contributed by atoms with Gasteiger partial charge in [-0.15, -0.1) is 0 Å². The molecule has 0 aromatic heterocycles. The molecular formula is C15H24O4S. The van der Waals surface area contributed by atoms with Gasteiger partial charge in [0.1, 0.15) is 0 Å². The van der Waals surface area contributed by atoms with Gasteiger partial charge in [-0.2, -0.15) is 8.42 Å². The summed E-state index contributed by atoms with van der Waals surface area (Å²) >= 11 is 0. The molecule has 0 amide bonds. The fraction of sp³-hybridized carbons (Fsp3) is 0.600. The lowest BCUT2D eigenvalue weighted by Crippen LogP contribution is -2.08. The molecule has 0 spiro atoms. The van der Waals surface area contributed by atoms with Crippen LogP contribution in [0.3, 0.4) is 0 Å². The molecule has 0 aliphatic carbocycles. The summed E-state index contributed by atoms with van der Waals surface area (Å²) in [7, 11) is -3.61. The van der Waals surface area contributed by atoms with Crippen LogP contribution in [0.5, 0.6) is 0 Å². The SMILES string of the molecule is CCCOCCCCCOS(=O)(=O)c1ccc(C)cc1. The number of hydrogen-bond donors (Lipinski definition) is 0. The van der Waals surface area contributed by atoms with E-state index in [1.54, 1.807) is 24.3 Å². The minimum atomic E-state index is -3.61. The van der Waals surface area contributed by atoms with E-state index in [1.165, 1.54) is 0 Å². The van der Waals surface area contributed by atoms with Crippen molar-refractivity contribution in [2.75, 3.05) is 19.8 Å². The predicted molar refractivity (Wildman–Crippen MR) is 79.3 cm³/mol. The topological polar surface area (TPSA) is 52.6 Å². The molecule has 0 aliphatic rings. The van der Waals surface area contributed by atoms with Gasteiger partial charge >= 0.3 is 0 Å². The van der Waals surface area contributed by atoms with Gasteiger partial charge in [-0.1, -0.05) is 24.6 Å². The van der Waals surface area contributed by atoms with E-state index in [2.05, 4.69) is 6.92 Å². The quantitative estimate of drug-likeness (QED) is 0.491. The van der Waals surface area contributed by atoms with Crippen molar-refractivity contribution in [1.82, 2.24) is 0 Å². The Kier molecular flexibility index (Phi) is 7.80. The molecule has 1 aromatic rings. The molecule has 0 N–H and O–H groups in total. The Morgan fingerprint density at radius 3 is 2.25 bits per heavy atom. The molecule has 0 radical (unpaired) electrons. The lowest BCUT2D eigenvalue weighted by Gasteiger charge is -2.06. The molecule has 5 heteroatoms. The van der Waals surface area contributed by atoms with Crippen molar-refractivity contribution in [3.05, 3.63) is 29.8 Å². The van der Waals surface area contributed by atoms with Crippen LogP contribution in [0.15, 0.2) is 29.2 Å². The van der Waals surface area contributed by atoms with Gasteiger partial charge in [0.2, 0.25) is 0 Å². The summed E-state index contributed by atoms with van der Waals surface area (Å²) in [4.78, 5) is 0.217. The molecule has 1 aromatic carbocycles. The first-order chi connectivity index (χ1) is 9.56. The molecular weight excluding hydrogens is 276 g/mol. The normalized spacial score (nSPS) is 11.7. The van der Waals surface area contributed by atoms with E-state index >= 15 is 0 Å². The van der Waals surface area contributed by atoms with Crippen molar-refractivity contribution >= 4 is 10.1 Å². The summed E-state index contributed by atoms with van der Waals surface area (Å²) in [6.45, 7) is 5.74. The molecule has 1 rings (SSSR count). The number of unbranched alkanes of at least 4 members (excludes halogenated alkanes) is 2. The predicted octanol–water partition coefficient (Wildman–Crippen LogP) is 3.30. The summed E-state index contributed by atoms with van der Waals surface area (Å²) in [5.74, 6) is 0. The first kappa shape index (κ1) is 17.1. The van der Waals surface area contributed by atoms with Crippen molar-refractivity contribution in [1.29, 1.82) is 0 Å². The van der Waals surface area contributed by atoms with E-state index in [0.717, 1.165) is 44.5 Å². The fourth-order valence-electron chi connectivity index (χ4n) is 1.67. The summed E-state index contributed by atoms with van der Waals surface area (Å²) in [5, 5.41) is 0. The number of hydrogen-bond acceptors (Lipinski definition) is 4. The maximum Gasteiger partial charge on any atom is 0.296 e. The highest BCUT2D eigenvalue weighted by atomic mass is 32.2. The summed E-state index contributed by atoms with van der Waals surface area (Å²) in [5.41, 5.74) is 1.02. The van der Waals surface area contributed by atoms with Crippen LogP contribution in [0.25, 0.3) is 0 Å². The molecule has 114 valence electrons. The molecule has 0 saturated heterocycles. The summed E-state index contributed by atoms with van der Waals surface area (Å²) < 4.78 is 34.1. The Hall–Kier alpha value is -0.910. The smallest absolute Gasteiger partial charge is 0.296 e. The maximum atomic E-state index is 11.9. The van der Waals surface area contributed by atoms with Gasteiger partial charge in [-0.05, 0) is 44.7 Å². The van der Waals surface area contributed by atoms with Gasteiger partial charge in [0.25, 0.3) is 10.1 Å². The third-order valence-corrected chi connectivity index (χ3v) is 4.16. The minimum Gasteiger partial charge on any atom is -0.381 e. The van der Waals surface area contributed by atoms with Gasteiger partial charge in [0, 0.05) is 13.2 Å². The Morgan fingerprint density at radius 2 is 1.60 bits per heavy atom. The standard InChI is InChI=1S/C15H24O4S/c1-3-11-18-12-5-4-6-13-19-20(16,17)15-9-7-14(2)8-10-15/h7-10H,3-6,11-13H2,1-2H3. The number of ether oxygens (including phenoxy) is 1. The Morgan fingerprint density at radius 1 is 0.950 bits per heavy atom. The van der Waals surface area contributed by atoms with Crippen LogP contribution >= 0.6 is 0 Å². The highest BCUT2D eigenvalue weighted by Gasteiger charge is 2.14. The second-order valence-electron chi connectivity index (χ2n) is 4.76. The van der Waals surface area contributed by atoms with E-state index in [1.807, 2.05) is 6.92 Å². The Labute approximate surface area is 122 Å². The van der Waals surface area contributed by atoms with Gasteiger partial charge in [-0.3, -0.25) is 4.18 Å². The monoisotopic (exact) mass is 300 g/mol. The largest absolute Gasteiger partial charge is 0.381 e. The fourth-order valence-corrected chi connectivity index (χ4v) is 2.61. The zero-order valence-electron chi connectivity index (χ0n) is 12.3. The van der Waals surface area contributed by atoms with E-state index < -0.39 is 10.1 Å². The van der Waals surface area contributed by atoms with Crippen molar-refractivity contribution in [3.63, 3.8) is 0 Å². The highest BCUT2D eigenvalue weighted by Crippen LogP contribution is 2.13. The van der Waals surface area contributed by atoms with Crippen molar-refractivity contribution in [2.24, 2.45) is 0 Å². The second-order valence-corrected chi connectivity index (χ2v) is 6.38.